The fourth-order valence-electron chi connectivity index (χ4n) is 2.89. The lowest BCUT2D eigenvalue weighted by molar-refractivity contribution is -0.0382. The van der Waals surface area contributed by atoms with Gasteiger partial charge in [-0.2, -0.15) is 5.10 Å². The maximum Gasteiger partial charge on any atom is 0.150 e. The highest BCUT2D eigenvalue weighted by Gasteiger charge is 2.30. The molecule has 4 heterocycles. The van der Waals surface area contributed by atoms with Crippen LogP contribution in [0.4, 0.5) is 0 Å². The van der Waals surface area contributed by atoms with Crippen molar-refractivity contribution >= 4 is 22.5 Å². The minimum atomic E-state index is 0.0134. The lowest BCUT2D eigenvalue weighted by Crippen LogP contribution is -2.26. The van der Waals surface area contributed by atoms with Crippen molar-refractivity contribution < 1.29 is 9.47 Å². The number of fused-ring (bicyclic) bond motifs is 1. The van der Waals surface area contributed by atoms with Gasteiger partial charge < -0.3 is 9.47 Å². The van der Waals surface area contributed by atoms with E-state index < -0.39 is 0 Å². The molecule has 0 aliphatic carbocycles. The van der Waals surface area contributed by atoms with Gasteiger partial charge in [0.1, 0.15) is 5.15 Å². The molecule has 106 valence electrons. The number of nitrogens with zero attached hydrogens (tertiary/aromatic N) is 3. The molecule has 2 saturated heterocycles. The van der Waals surface area contributed by atoms with Crippen LogP contribution in [0.1, 0.15) is 37.1 Å². The van der Waals surface area contributed by atoms with Gasteiger partial charge in [0.15, 0.2) is 6.23 Å². The molecule has 0 spiro atoms. The molecule has 2 aliphatic heterocycles. The van der Waals surface area contributed by atoms with E-state index in [1.165, 1.54) is 6.42 Å². The molecular formula is C14H16ClN3O2. The first-order chi connectivity index (χ1) is 9.84. The Morgan fingerprint density at radius 2 is 2.20 bits per heavy atom. The maximum absolute atomic E-state index is 6.29. The Labute approximate surface area is 121 Å². The van der Waals surface area contributed by atoms with Crippen molar-refractivity contribution in [1.82, 2.24) is 14.8 Å². The van der Waals surface area contributed by atoms with Crippen LogP contribution in [0.3, 0.4) is 0 Å². The van der Waals surface area contributed by atoms with E-state index in [9.17, 15) is 0 Å². The lowest BCUT2D eigenvalue weighted by atomic mass is 10.0. The molecule has 0 saturated carbocycles. The molecule has 2 aliphatic rings. The molecule has 6 heteroatoms. The molecule has 1 atom stereocenters. The number of ether oxygens (including phenoxy) is 2. The highest BCUT2D eigenvalue weighted by atomic mass is 35.5. The van der Waals surface area contributed by atoms with Crippen LogP contribution in [0.5, 0.6) is 0 Å². The molecule has 2 fully saturated rings. The Balaban J connectivity index is 1.85. The number of hydrogen-bond acceptors (Lipinski definition) is 4. The van der Waals surface area contributed by atoms with E-state index in [-0.39, 0.29) is 6.23 Å². The third-order valence-electron chi connectivity index (χ3n) is 4.05. The minimum Gasteiger partial charge on any atom is -0.380 e. The molecule has 0 N–H and O–H groups in total. The van der Waals surface area contributed by atoms with Gasteiger partial charge in [-0.15, -0.1) is 0 Å². The van der Waals surface area contributed by atoms with Gasteiger partial charge in [-0.1, -0.05) is 11.6 Å². The summed E-state index contributed by atoms with van der Waals surface area (Å²) in [4.78, 5) is 4.20. The van der Waals surface area contributed by atoms with E-state index in [0.29, 0.717) is 24.3 Å². The van der Waals surface area contributed by atoms with Crippen molar-refractivity contribution in [3.8, 4) is 0 Å². The van der Waals surface area contributed by atoms with Crippen molar-refractivity contribution in [2.24, 2.45) is 0 Å². The average Bonchev–Trinajstić information content (AvgIpc) is 2.79. The van der Waals surface area contributed by atoms with E-state index in [1.54, 1.807) is 6.20 Å². The molecule has 0 amide bonds. The highest BCUT2D eigenvalue weighted by Crippen LogP contribution is 2.36. The van der Waals surface area contributed by atoms with Crippen LogP contribution < -0.4 is 0 Å². The van der Waals surface area contributed by atoms with Crippen LogP contribution in [0.15, 0.2) is 12.3 Å². The van der Waals surface area contributed by atoms with Crippen LogP contribution in [0.2, 0.25) is 5.15 Å². The summed E-state index contributed by atoms with van der Waals surface area (Å²) in [5, 5.41) is 6.26. The Kier molecular flexibility index (Phi) is 3.13. The molecule has 4 rings (SSSR count). The zero-order valence-corrected chi connectivity index (χ0v) is 11.8. The fourth-order valence-corrected chi connectivity index (χ4v) is 3.14. The molecule has 0 aromatic carbocycles. The van der Waals surface area contributed by atoms with E-state index in [2.05, 4.69) is 4.98 Å². The van der Waals surface area contributed by atoms with E-state index in [0.717, 1.165) is 36.0 Å². The summed E-state index contributed by atoms with van der Waals surface area (Å²) in [6.45, 7) is 2.22. The van der Waals surface area contributed by atoms with Crippen LogP contribution >= 0.6 is 11.6 Å². The third kappa shape index (κ3) is 1.92. The summed E-state index contributed by atoms with van der Waals surface area (Å²) in [6.07, 6.45) is 5.04. The summed E-state index contributed by atoms with van der Waals surface area (Å²) in [7, 11) is 0. The zero-order valence-electron chi connectivity index (χ0n) is 11.1. The van der Waals surface area contributed by atoms with Crippen molar-refractivity contribution in [2.75, 3.05) is 19.8 Å². The highest BCUT2D eigenvalue weighted by molar-refractivity contribution is 6.34. The molecule has 1 unspecified atom stereocenters. The predicted octanol–water partition coefficient (Wildman–Crippen LogP) is 2.90. The van der Waals surface area contributed by atoms with Crippen molar-refractivity contribution in [1.29, 1.82) is 0 Å². The van der Waals surface area contributed by atoms with Gasteiger partial charge in [-0.05, 0) is 25.3 Å². The molecule has 0 bridgehead atoms. The summed E-state index contributed by atoms with van der Waals surface area (Å²) in [5.74, 6) is 0.323. The Bertz CT molecular complexity index is 633. The van der Waals surface area contributed by atoms with Gasteiger partial charge in [-0.25, -0.2) is 9.67 Å². The molecule has 5 nitrogen and oxygen atoms in total. The quantitative estimate of drug-likeness (QED) is 0.799. The van der Waals surface area contributed by atoms with Gasteiger partial charge >= 0.3 is 0 Å². The van der Waals surface area contributed by atoms with Gasteiger partial charge in [0.2, 0.25) is 0 Å². The standard InChI is InChI=1S/C14H16ClN3O2/c15-14-12-10(4-5-16-14)18(11-3-1-2-6-20-11)17-13(12)9-7-19-8-9/h4-5,9,11H,1-3,6-8H2. The monoisotopic (exact) mass is 293 g/mol. The largest absolute Gasteiger partial charge is 0.380 e. The molecule has 2 aromatic heterocycles. The van der Waals surface area contributed by atoms with Crippen molar-refractivity contribution in [2.45, 2.75) is 31.4 Å². The van der Waals surface area contributed by atoms with Crippen molar-refractivity contribution in [3.63, 3.8) is 0 Å². The van der Waals surface area contributed by atoms with E-state index in [4.69, 9.17) is 26.2 Å². The summed E-state index contributed by atoms with van der Waals surface area (Å²) in [5.41, 5.74) is 2.01. The van der Waals surface area contributed by atoms with E-state index in [1.807, 2.05) is 10.7 Å². The smallest absolute Gasteiger partial charge is 0.150 e. The summed E-state index contributed by atoms with van der Waals surface area (Å²) >= 11 is 6.29. The van der Waals surface area contributed by atoms with Crippen LogP contribution in [-0.2, 0) is 9.47 Å². The number of hydrogen-bond donors (Lipinski definition) is 0. The Morgan fingerprint density at radius 3 is 2.90 bits per heavy atom. The number of rotatable bonds is 2. The first-order valence-corrected chi connectivity index (χ1v) is 7.44. The first-order valence-electron chi connectivity index (χ1n) is 7.06. The summed E-state index contributed by atoms with van der Waals surface area (Å²) < 4.78 is 13.1. The number of aromatic nitrogens is 3. The van der Waals surface area contributed by atoms with Gasteiger partial charge in [-0.3, -0.25) is 0 Å². The number of pyridine rings is 1. The van der Waals surface area contributed by atoms with Gasteiger partial charge in [0, 0.05) is 12.8 Å². The second kappa shape index (κ2) is 4.98. The predicted molar refractivity (Wildman–Crippen MR) is 74.9 cm³/mol. The Hall–Kier alpha value is -1.17. The second-order valence-corrected chi connectivity index (χ2v) is 5.74. The van der Waals surface area contributed by atoms with Crippen LogP contribution in [0.25, 0.3) is 10.9 Å². The first kappa shape index (κ1) is 12.6. The van der Waals surface area contributed by atoms with Crippen LogP contribution in [0, 0.1) is 0 Å². The SMILES string of the molecule is Clc1nccc2c1c(C1COC1)nn2C1CCCCO1. The number of halogens is 1. The third-order valence-corrected chi connectivity index (χ3v) is 4.34. The summed E-state index contributed by atoms with van der Waals surface area (Å²) in [6, 6.07) is 1.97. The normalized spacial score (nSPS) is 23.9. The average molecular weight is 294 g/mol. The molecule has 2 aromatic rings. The molecule has 0 radical (unpaired) electrons. The zero-order chi connectivity index (χ0) is 13.5. The van der Waals surface area contributed by atoms with Crippen molar-refractivity contribution in [3.05, 3.63) is 23.1 Å². The molecule has 20 heavy (non-hydrogen) atoms. The topological polar surface area (TPSA) is 49.2 Å². The fraction of sp³-hybridized carbons (Fsp3) is 0.571. The molecular weight excluding hydrogens is 278 g/mol. The van der Waals surface area contributed by atoms with Gasteiger partial charge in [0.25, 0.3) is 0 Å². The minimum absolute atomic E-state index is 0.0134. The van der Waals surface area contributed by atoms with Gasteiger partial charge in [0.05, 0.1) is 35.7 Å². The lowest BCUT2D eigenvalue weighted by Gasteiger charge is -2.25. The second-order valence-electron chi connectivity index (χ2n) is 5.38. The van der Waals surface area contributed by atoms with E-state index >= 15 is 0 Å². The maximum atomic E-state index is 6.29. The van der Waals surface area contributed by atoms with Crippen LogP contribution in [-0.4, -0.2) is 34.6 Å². The Morgan fingerprint density at radius 1 is 1.30 bits per heavy atom.